The summed E-state index contributed by atoms with van der Waals surface area (Å²) in [5.41, 5.74) is 5.81. The predicted octanol–water partition coefficient (Wildman–Crippen LogP) is 2.17. The van der Waals surface area contributed by atoms with Gasteiger partial charge in [-0.3, -0.25) is 5.10 Å². The molecule has 0 aliphatic heterocycles. The van der Waals surface area contributed by atoms with Crippen molar-refractivity contribution < 1.29 is 9.53 Å². The summed E-state index contributed by atoms with van der Waals surface area (Å²) in [5, 5.41) is 9.65. The molecule has 3 rings (SSSR count). The average Bonchev–Trinajstić information content (AvgIpc) is 2.72. The number of rotatable bonds is 1. The van der Waals surface area contributed by atoms with Crippen LogP contribution in [0.3, 0.4) is 0 Å². The zero-order valence-electron chi connectivity index (χ0n) is 8.81. The number of primary amides is 1. The van der Waals surface area contributed by atoms with Gasteiger partial charge in [-0.1, -0.05) is 30.3 Å². The van der Waals surface area contributed by atoms with Gasteiger partial charge in [0.25, 0.3) is 5.88 Å². The molecule has 3 N–H and O–H groups in total. The Morgan fingerprint density at radius 3 is 2.82 bits per heavy atom. The van der Waals surface area contributed by atoms with Crippen molar-refractivity contribution in [1.82, 2.24) is 10.2 Å². The highest BCUT2D eigenvalue weighted by Crippen LogP contribution is 2.29. The van der Waals surface area contributed by atoms with Gasteiger partial charge in [0.05, 0.1) is 10.9 Å². The topological polar surface area (TPSA) is 81.0 Å². The average molecular weight is 227 g/mol. The molecule has 0 aliphatic carbocycles. The van der Waals surface area contributed by atoms with E-state index in [2.05, 4.69) is 10.2 Å². The summed E-state index contributed by atoms with van der Waals surface area (Å²) in [6.45, 7) is 0. The van der Waals surface area contributed by atoms with Gasteiger partial charge in [-0.25, -0.2) is 4.79 Å². The summed E-state index contributed by atoms with van der Waals surface area (Å²) in [4.78, 5) is 10.7. The Kier molecular flexibility index (Phi) is 1.98. The van der Waals surface area contributed by atoms with Crippen molar-refractivity contribution >= 4 is 27.8 Å². The number of carbonyl (C=O) groups is 1. The first kappa shape index (κ1) is 9.65. The summed E-state index contributed by atoms with van der Waals surface area (Å²) < 4.78 is 4.81. The third-order valence-electron chi connectivity index (χ3n) is 2.63. The van der Waals surface area contributed by atoms with Gasteiger partial charge < -0.3 is 10.5 Å². The third kappa shape index (κ3) is 1.48. The second-order valence-corrected chi connectivity index (χ2v) is 3.66. The van der Waals surface area contributed by atoms with E-state index < -0.39 is 6.09 Å². The van der Waals surface area contributed by atoms with E-state index in [1.807, 2.05) is 36.4 Å². The van der Waals surface area contributed by atoms with E-state index in [-0.39, 0.29) is 5.88 Å². The Hall–Kier alpha value is -2.56. The van der Waals surface area contributed by atoms with Crippen molar-refractivity contribution in [3.05, 3.63) is 36.4 Å². The van der Waals surface area contributed by atoms with Crippen molar-refractivity contribution in [2.24, 2.45) is 5.73 Å². The summed E-state index contributed by atoms with van der Waals surface area (Å²) >= 11 is 0. The highest BCUT2D eigenvalue weighted by Gasteiger charge is 2.11. The van der Waals surface area contributed by atoms with Crippen LogP contribution in [0.5, 0.6) is 5.88 Å². The molecule has 0 fully saturated rings. The lowest BCUT2D eigenvalue weighted by atomic mass is 10.1. The first-order valence-electron chi connectivity index (χ1n) is 5.09. The molecule has 3 aromatic rings. The number of H-pyrrole nitrogens is 1. The maximum atomic E-state index is 10.7. The van der Waals surface area contributed by atoms with Crippen LogP contribution in [0.15, 0.2) is 36.4 Å². The Morgan fingerprint density at radius 2 is 2.00 bits per heavy atom. The minimum Gasteiger partial charge on any atom is -0.389 e. The predicted molar refractivity (Wildman–Crippen MR) is 63.8 cm³/mol. The number of nitrogens with two attached hydrogens (primary N) is 1. The molecule has 0 radical (unpaired) electrons. The number of benzene rings is 2. The lowest BCUT2D eigenvalue weighted by molar-refractivity contribution is 0.209. The highest BCUT2D eigenvalue weighted by molar-refractivity contribution is 6.07. The van der Waals surface area contributed by atoms with E-state index in [0.717, 1.165) is 21.7 Å². The highest BCUT2D eigenvalue weighted by atomic mass is 16.6. The third-order valence-corrected chi connectivity index (χ3v) is 2.63. The van der Waals surface area contributed by atoms with Gasteiger partial charge in [-0.2, -0.15) is 0 Å². The Morgan fingerprint density at radius 1 is 1.18 bits per heavy atom. The molecular weight excluding hydrogens is 218 g/mol. The van der Waals surface area contributed by atoms with Gasteiger partial charge >= 0.3 is 6.09 Å². The van der Waals surface area contributed by atoms with Crippen LogP contribution in [0.1, 0.15) is 0 Å². The van der Waals surface area contributed by atoms with Crippen LogP contribution < -0.4 is 10.5 Å². The SMILES string of the molecule is NC(=O)Oc1n[nH]c2c1ccc1ccccc12. The van der Waals surface area contributed by atoms with E-state index in [1.54, 1.807) is 0 Å². The van der Waals surface area contributed by atoms with Crippen molar-refractivity contribution in [3.8, 4) is 5.88 Å². The molecule has 0 saturated heterocycles. The molecule has 0 bridgehead atoms. The fraction of sp³-hybridized carbons (Fsp3) is 0. The van der Waals surface area contributed by atoms with Gasteiger partial charge in [0, 0.05) is 5.39 Å². The molecule has 0 spiro atoms. The molecule has 1 heterocycles. The number of ether oxygens (including phenoxy) is 1. The van der Waals surface area contributed by atoms with Gasteiger partial charge in [0.2, 0.25) is 0 Å². The molecular formula is C12H9N3O2. The van der Waals surface area contributed by atoms with E-state index in [9.17, 15) is 4.79 Å². The quantitative estimate of drug-likeness (QED) is 0.668. The zero-order valence-corrected chi connectivity index (χ0v) is 8.81. The molecule has 2 aromatic carbocycles. The Bertz CT molecular complexity index is 718. The van der Waals surface area contributed by atoms with Crippen LogP contribution >= 0.6 is 0 Å². The summed E-state index contributed by atoms with van der Waals surface area (Å²) in [7, 11) is 0. The van der Waals surface area contributed by atoms with Crippen molar-refractivity contribution in [2.75, 3.05) is 0 Å². The minimum absolute atomic E-state index is 0.207. The molecule has 84 valence electrons. The van der Waals surface area contributed by atoms with Crippen LogP contribution in [-0.2, 0) is 0 Å². The maximum absolute atomic E-state index is 10.7. The fourth-order valence-corrected chi connectivity index (χ4v) is 1.91. The number of fused-ring (bicyclic) bond motifs is 3. The van der Waals surface area contributed by atoms with Crippen LogP contribution in [-0.4, -0.2) is 16.3 Å². The summed E-state index contributed by atoms with van der Waals surface area (Å²) in [6, 6.07) is 11.7. The first-order chi connectivity index (χ1) is 8.25. The summed E-state index contributed by atoms with van der Waals surface area (Å²) in [5.74, 6) is 0.207. The molecule has 1 amide bonds. The number of hydrogen-bond donors (Lipinski definition) is 2. The second kappa shape index (κ2) is 3.48. The van der Waals surface area contributed by atoms with E-state index >= 15 is 0 Å². The van der Waals surface area contributed by atoms with Crippen LogP contribution in [0.4, 0.5) is 4.79 Å². The molecule has 1 aromatic heterocycles. The van der Waals surface area contributed by atoms with Crippen molar-refractivity contribution in [1.29, 1.82) is 0 Å². The molecule has 0 atom stereocenters. The lowest BCUT2D eigenvalue weighted by Gasteiger charge is -1.99. The maximum Gasteiger partial charge on any atom is 0.411 e. The number of hydrogen-bond acceptors (Lipinski definition) is 3. The van der Waals surface area contributed by atoms with Gasteiger partial charge in [0.1, 0.15) is 0 Å². The van der Waals surface area contributed by atoms with Crippen molar-refractivity contribution in [3.63, 3.8) is 0 Å². The number of nitrogens with one attached hydrogen (secondary N) is 1. The molecule has 0 aliphatic rings. The largest absolute Gasteiger partial charge is 0.411 e. The number of nitrogens with zero attached hydrogens (tertiary/aromatic N) is 1. The molecule has 5 nitrogen and oxygen atoms in total. The second-order valence-electron chi connectivity index (χ2n) is 3.66. The monoisotopic (exact) mass is 227 g/mol. The number of carbonyl (C=O) groups excluding carboxylic acids is 1. The fourth-order valence-electron chi connectivity index (χ4n) is 1.91. The standard InChI is InChI=1S/C12H9N3O2/c13-12(16)17-11-9-6-5-7-3-1-2-4-8(7)10(9)14-15-11/h1-6H,(H2,13,16)(H,14,15). The molecule has 0 unspecified atom stereocenters. The smallest absolute Gasteiger partial charge is 0.389 e. The van der Waals surface area contributed by atoms with Gasteiger partial charge in [0.15, 0.2) is 0 Å². The zero-order chi connectivity index (χ0) is 11.8. The minimum atomic E-state index is -0.869. The molecule has 0 saturated carbocycles. The Labute approximate surface area is 96.2 Å². The molecule has 17 heavy (non-hydrogen) atoms. The summed E-state index contributed by atoms with van der Waals surface area (Å²) in [6.07, 6.45) is -0.869. The van der Waals surface area contributed by atoms with Crippen LogP contribution in [0.25, 0.3) is 21.7 Å². The van der Waals surface area contributed by atoms with Crippen LogP contribution in [0, 0.1) is 0 Å². The lowest BCUT2D eigenvalue weighted by Crippen LogP contribution is -2.16. The van der Waals surface area contributed by atoms with Crippen LogP contribution in [0.2, 0.25) is 0 Å². The number of amides is 1. The Balaban J connectivity index is 2.31. The van der Waals surface area contributed by atoms with E-state index in [0.29, 0.717) is 0 Å². The van der Waals surface area contributed by atoms with Gasteiger partial charge in [-0.15, -0.1) is 5.10 Å². The van der Waals surface area contributed by atoms with E-state index in [1.165, 1.54) is 0 Å². The first-order valence-corrected chi connectivity index (χ1v) is 5.09. The normalized spacial score (nSPS) is 10.8. The molecule has 5 heteroatoms. The van der Waals surface area contributed by atoms with Gasteiger partial charge in [-0.05, 0) is 11.5 Å². The van der Waals surface area contributed by atoms with E-state index in [4.69, 9.17) is 10.5 Å². The number of aromatic amines is 1. The number of aromatic nitrogens is 2. The van der Waals surface area contributed by atoms with Crippen molar-refractivity contribution in [2.45, 2.75) is 0 Å².